The van der Waals surface area contributed by atoms with E-state index in [-0.39, 0.29) is 24.3 Å². The molecule has 1 aromatic rings. The summed E-state index contributed by atoms with van der Waals surface area (Å²) in [5, 5.41) is 17.0. The zero-order valence-electron chi connectivity index (χ0n) is 8.64. The molecule has 0 spiro atoms. The molecule has 1 heterocycles. The summed E-state index contributed by atoms with van der Waals surface area (Å²) in [5.74, 6) is -1.64. The maximum Gasteiger partial charge on any atom is 0.338 e. The van der Waals surface area contributed by atoms with E-state index in [2.05, 4.69) is 0 Å². The van der Waals surface area contributed by atoms with E-state index >= 15 is 0 Å². The number of carbonyl (C=O) groups excluding carboxylic acids is 1. The van der Waals surface area contributed by atoms with Crippen LogP contribution in [0.5, 0.6) is 0 Å². The Bertz CT molecular complexity index is 444. The van der Waals surface area contributed by atoms with Gasteiger partial charge in [-0.2, -0.15) is 5.26 Å². The molecule has 0 aromatic carbocycles. The lowest BCUT2D eigenvalue weighted by molar-refractivity contribution is 0.0695. The molecular formula is C10H10N2O4. The summed E-state index contributed by atoms with van der Waals surface area (Å²) >= 11 is 0. The summed E-state index contributed by atoms with van der Waals surface area (Å²) in [7, 11) is 1.52. The van der Waals surface area contributed by atoms with Crippen LogP contribution in [0, 0.1) is 11.3 Å². The first-order valence-corrected chi connectivity index (χ1v) is 4.50. The molecule has 16 heavy (non-hydrogen) atoms. The second-order valence-electron chi connectivity index (χ2n) is 3.14. The van der Waals surface area contributed by atoms with E-state index in [0.29, 0.717) is 0 Å². The SMILES string of the molecule is CN(CCC#N)C(=O)c1cc(C(=O)O)co1. The van der Waals surface area contributed by atoms with Crippen molar-refractivity contribution in [2.24, 2.45) is 0 Å². The number of hydrogen-bond acceptors (Lipinski definition) is 4. The van der Waals surface area contributed by atoms with Crippen molar-refractivity contribution in [3.63, 3.8) is 0 Å². The van der Waals surface area contributed by atoms with Crippen molar-refractivity contribution in [2.75, 3.05) is 13.6 Å². The van der Waals surface area contributed by atoms with Crippen LogP contribution in [-0.2, 0) is 0 Å². The highest BCUT2D eigenvalue weighted by atomic mass is 16.4. The number of hydrogen-bond donors (Lipinski definition) is 1. The van der Waals surface area contributed by atoms with E-state index < -0.39 is 11.9 Å². The Morgan fingerprint density at radius 2 is 2.31 bits per heavy atom. The molecule has 0 aliphatic carbocycles. The van der Waals surface area contributed by atoms with E-state index in [1.54, 1.807) is 0 Å². The number of rotatable bonds is 4. The first kappa shape index (κ1) is 11.8. The third-order valence-corrected chi connectivity index (χ3v) is 1.96. The van der Waals surface area contributed by atoms with Crippen molar-refractivity contribution in [2.45, 2.75) is 6.42 Å². The van der Waals surface area contributed by atoms with Crippen LogP contribution in [0.4, 0.5) is 0 Å². The minimum atomic E-state index is -1.15. The van der Waals surface area contributed by atoms with Crippen LogP contribution in [0.1, 0.15) is 27.3 Å². The van der Waals surface area contributed by atoms with Crippen LogP contribution >= 0.6 is 0 Å². The van der Waals surface area contributed by atoms with E-state index in [1.165, 1.54) is 11.9 Å². The maximum atomic E-state index is 11.6. The molecule has 6 heteroatoms. The fraction of sp³-hybridized carbons (Fsp3) is 0.300. The fourth-order valence-electron chi connectivity index (χ4n) is 1.07. The van der Waals surface area contributed by atoms with Crippen molar-refractivity contribution < 1.29 is 19.1 Å². The van der Waals surface area contributed by atoms with Gasteiger partial charge in [0.1, 0.15) is 6.26 Å². The van der Waals surface area contributed by atoms with Gasteiger partial charge in [-0.05, 0) is 0 Å². The van der Waals surface area contributed by atoms with E-state index in [9.17, 15) is 9.59 Å². The number of nitriles is 1. The van der Waals surface area contributed by atoms with Gasteiger partial charge in [0.05, 0.1) is 18.1 Å². The molecule has 84 valence electrons. The van der Waals surface area contributed by atoms with Gasteiger partial charge < -0.3 is 14.4 Å². The Morgan fingerprint density at radius 1 is 1.62 bits per heavy atom. The molecule has 0 aliphatic heterocycles. The first-order chi connectivity index (χ1) is 7.56. The number of carboxylic acid groups (broad SMARTS) is 1. The number of aromatic carboxylic acids is 1. The highest BCUT2D eigenvalue weighted by molar-refractivity contribution is 5.95. The minimum absolute atomic E-state index is 0.0437. The monoisotopic (exact) mass is 222 g/mol. The summed E-state index contributed by atoms with van der Waals surface area (Å²) in [4.78, 5) is 23.5. The van der Waals surface area contributed by atoms with Crippen molar-refractivity contribution in [3.05, 3.63) is 23.7 Å². The summed E-state index contributed by atoms with van der Waals surface area (Å²) in [6.45, 7) is 0.276. The first-order valence-electron chi connectivity index (χ1n) is 4.50. The average Bonchev–Trinajstić information content (AvgIpc) is 2.74. The largest absolute Gasteiger partial charge is 0.478 e. The van der Waals surface area contributed by atoms with Crippen LogP contribution < -0.4 is 0 Å². The topological polar surface area (TPSA) is 94.5 Å². The normalized spacial score (nSPS) is 9.50. The van der Waals surface area contributed by atoms with Crippen molar-refractivity contribution in [1.29, 1.82) is 5.26 Å². The van der Waals surface area contributed by atoms with E-state index in [4.69, 9.17) is 14.8 Å². The number of carbonyl (C=O) groups is 2. The zero-order valence-corrected chi connectivity index (χ0v) is 8.64. The Labute approximate surface area is 91.7 Å². The molecule has 1 N–H and O–H groups in total. The van der Waals surface area contributed by atoms with Gasteiger partial charge in [-0.15, -0.1) is 0 Å². The molecule has 0 fully saturated rings. The molecule has 6 nitrogen and oxygen atoms in total. The quantitative estimate of drug-likeness (QED) is 0.818. The van der Waals surface area contributed by atoms with Crippen molar-refractivity contribution in [1.82, 2.24) is 4.90 Å². The van der Waals surface area contributed by atoms with Gasteiger partial charge in [-0.1, -0.05) is 0 Å². The molecule has 0 radical (unpaired) electrons. The van der Waals surface area contributed by atoms with Gasteiger partial charge in [0.25, 0.3) is 5.91 Å². The standard InChI is InChI=1S/C10H10N2O4/c1-12(4-2-3-11)9(13)8-5-7(6-16-8)10(14)15/h5-6H,2,4H2,1H3,(H,14,15). The Morgan fingerprint density at radius 3 is 2.81 bits per heavy atom. The summed E-state index contributed by atoms with van der Waals surface area (Å²) in [6.07, 6.45) is 1.22. The summed E-state index contributed by atoms with van der Waals surface area (Å²) in [6, 6.07) is 3.07. The molecule has 0 bridgehead atoms. The zero-order chi connectivity index (χ0) is 12.1. The van der Waals surface area contributed by atoms with Gasteiger partial charge >= 0.3 is 5.97 Å². The predicted octanol–water partition coefficient (Wildman–Crippen LogP) is 0.963. The number of nitrogens with zero attached hydrogens (tertiary/aromatic N) is 2. The van der Waals surface area contributed by atoms with Gasteiger partial charge in [-0.25, -0.2) is 4.79 Å². The molecule has 0 saturated heterocycles. The van der Waals surface area contributed by atoms with Crippen LogP contribution in [0.25, 0.3) is 0 Å². The molecule has 0 aliphatic rings. The molecule has 0 atom stereocenters. The van der Waals surface area contributed by atoms with Crippen molar-refractivity contribution in [3.8, 4) is 6.07 Å². The highest BCUT2D eigenvalue weighted by Crippen LogP contribution is 2.10. The number of carboxylic acids is 1. The van der Waals surface area contributed by atoms with E-state index in [1.807, 2.05) is 6.07 Å². The third kappa shape index (κ3) is 2.60. The molecule has 0 saturated carbocycles. The second kappa shape index (κ2) is 4.98. The van der Waals surface area contributed by atoms with Crippen LogP contribution in [0.2, 0.25) is 0 Å². The van der Waals surface area contributed by atoms with Crippen LogP contribution in [0.15, 0.2) is 16.7 Å². The van der Waals surface area contributed by atoms with Gasteiger partial charge in [0, 0.05) is 19.7 Å². The lowest BCUT2D eigenvalue weighted by atomic mass is 10.3. The van der Waals surface area contributed by atoms with Gasteiger partial charge in [-0.3, -0.25) is 4.79 Å². The molecular weight excluding hydrogens is 212 g/mol. The highest BCUT2D eigenvalue weighted by Gasteiger charge is 2.17. The van der Waals surface area contributed by atoms with E-state index in [0.717, 1.165) is 12.3 Å². The third-order valence-electron chi connectivity index (χ3n) is 1.96. The van der Waals surface area contributed by atoms with Crippen LogP contribution in [0.3, 0.4) is 0 Å². The lowest BCUT2D eigenvalue weighted by Crippen LogP contribution is -2.27. The Hall–Kier alpha value is -2.29. The van der Waals surface area contributed by atoms with Gasteiger partial charge in [0.15, 0.2) is 5.76 Å². The molecule has 1 rings (SSSR count). The number of furan rings is 1. The molecule has 1 aromatic heterocycles. The number of amides is 1. The molecule has 1 amide bonds. The predicted molar refractivity (Wildman–Crippen MR) is 52.9 cm³/mol. The Balaban J connectivity index is 2.73. The molecule has 0 unspecified atom stereocenters. The average molecular weight is 222 g/mol. The fourth-order valence-corrected chi connectivity index (χ4v) is 1.07. The summed E-state index contributed by atoms with van der Waals surface area (Å²) < 4.78 is 4.83. The van der Waals surface area contributed by atoms with Gasteiger partial charge in [0.2, 0.25) is 0 Å². The lowest BCUT2D eigenvalue weighted by Gasteiger charge is -2.12. The van der Waals surface area contributed by atoms with Crippen molar-refractivity contribution >= 4 is 11.9 Å². The minimum Gasteiger partial charge on any atom is -0.478 e. The van der Waals surface area contributed by atoms with Crippen LogP contribution in [-0.4, -0.2) is 35.5 Å². The summed E-state index contributed by atoms with van der Waals surface area (Å²) in [5.41, 5.74) is -0.0722. The Kier molecular flexibility index (Phi) is 3.67. The second-order valence-corrected chi connectivity index (χ2v) is 3.14. The smallest absolute Gasteiger partial charge is 0.338 e. The maximum absolute atomic E-state index is 11.6.